The number of nitro groups is 1. The topological polar surface area (TPSA) is 93.5 Å². The van der Waals surface area contributed by atoms with Gasteiger partial charge in [-0.25, -0.2) is 0 Å². The van der Waals surface area contributed by atoms with Gasteiger partial charge in [0.05, 0.1) is 30.3 Å². The molecule has 2 N–H and O–H groups in total. The highest BCUT2D eigenvalue weighted by Gasteiger charge is 2.34. The molecule has 0 spiro atoms. The van der Waals surface area contributed by atoms with Crippen molar-refractivity contribution in [3.05, 3.63) is 28.3 Å². The molecular weight excluding hydrogens is 334 g/mol. The van der Waals surface area contributed by atoms with Crippen molar-refractivity contribution in [1.29, 1.82) is 0 Å². The molecule has 2 atom stereocenters. The lowest BCUT2D eigenvalue weighted by Gasteiger charge is -2.40. The molecule has 0 aromatic heterocycles. The predicted molar refractivity (Wildman–Crippen MR) is 101 cm³/mol. The second-order valence-corrected chi connectivity index (χ2v) is 7.93. The SMILES string of the molecule is COc1cc([N+](=O)[O-])ccc1NC(=O)CNC1CCCCC1C(C)(C)C. The van der Waals surface area contributed by atoms with Gasteiger partial charge in [0.15, 0.2) is 0 Å². The minimum Gasteiger partial charge on any atom is -0.494 e. The average Bonchev–Trinajstić information content (AvgIpc) is 2.59. The maximum absolute atomic E-state index is 12.3. The van der Waals surface area contributed by atoms with Crippen LogP contribution in [0.15, 0.2) is 18.2 Å². The first-order valence-corrected chi connectivity index (χ1v) is 9.08. The molecule has 0 bridgehead atoms. The van der Waals surface area contributed by atoms with Gasteiger partial charge in [-0.15, -0.1) is 0 Å². The summed E-state index contributed by atoms with van der Waals surface area (Å²) in [6, 6.07) is 4.48. The van der Waals surface area contributed by atoms with E-state index in [1.54, 1.807) is 0 Å². The van der Waals surface area contributed by atoms with Crippen molar-refractivity contribution in [1.82, 2.24) is 5.32 Å². The molecule has 0 aliphatic heterocycles. The summed E-state index contributed by atoms with van der Waals surface area (Å²) in [7, 11) is 1.42. The van der Waals surface area contributed by atoms with Crippen LogP contribution in [0.1, 0.15) is 46.5 Å². The monoisotopic (exact) mass is 363 g/mol. The Morgan fingerprint density at radius 2 is 2.00 bits per heavy atom. The molecule has 7 heteroatoms. The zero-order valence-corrected chi connectivity index (χ0v) is 16.0. The van der Waals surface area contributed by atoms with Crippen LogP contribution in [0, 0.1) is 21.4 Å². The molecule has 7 nitrogen and oxygen atoms in total. The van der Waals surface area contributed by atoms with Crippen LogP contribution in [0.4, 0.5) is 11.4 Å². The molecule has 1 fully saturated rings. The third kappa shape index (κ3) is 5.17. The Kier molecular flexibility index (Phi) is 6.58. The summed E-state index contributed by atoms with van der Waals surface area (Å²) in [6.07, 6.45) is 4.68. The number of carbonyl (C=O) groups is 1. The first kappa shape index (κ1) is 20.2. The van der Waals surface area contributed by atoms with Crippen molar-refractivity contribution >= 4 is 17.3 Å². The van der Waals surface area contributed by atoms with E-state index in [0.29, 0.717) is 17.6 Å². The number of methoxy groups -OCH3 is 1. The Morgan fingerprint density at radius 1 is 1.31 bits per heavy atom. The zero-order valence-electron chi connectivity index (χ0n) is 16.0. The van der Waals surface area contributed by atoms with Gasteiger partial charge in [0.25, 0.3) is 5.69 Å². The van der Waals surface area contributed by atoms with Crippen molar-refractivity contribution in [2.24, 2.45) is 11.3 Å². The number of ether oxygens (including phenoxy) is 1. The van der Waals surface area contributed by atoms with Crippen molar-refractivity contribution in [2.75, 3.05) is 19.0 Å². The molecule has 1 aliphatic rings. The van der Waals surface area contributed by atoms with Crippen LogP contribution in [0.2, 0.25) is 0 Å². The van der Waals surface area contributed by atoms with Crippen molar-refractivity contribution < 1.29 is 14.5 Å². The van der Waals surface area contributed by atoms with Crippen LogP contribution >= 0.6 is 0 Å². The van der Waals surface area contributed by atoms with Crippen LogP contribution in [0.5, 0.6) is 5.75 Å². The highest BCUT2D eigenvalue weighted by Crippen LogP contribution is 2.38. The lowest BCUT2D eigenvalue weighted by Crippen LogP contribution is -2.46. The standard InChI is InChI=1S/C19H29N3O4/c1-19(2,3)14-7-5-6-8-15(14)20-12-18(23)21-16-10-9-13(22(24)25)11-17(16)26-4/h9-11,14-15,20H,5-8,12H2,1-4H3,(H,21,23). The number of amides is 1. The number of hydrogen-bond donors (Lipinski definition) is 2. The maximum atomic E-state index is 12.3. The fraction of sp³-hybridized carbons (Fsp3) is 0.632. The molecular formula is C19H29N3O4. The molecule has 1 saturated carbocycles. The first-order chi connectivity index (χ1) is 12.2. The molecule has 1 amide bonds. The van der Waals surface area contributed by atoms with Crippen LogP contribution in [-0.2, 0) is 4.79 Å². The van der Waals surface area contributed by atoms with E-state index in [4.69, 9.17) is 4.74 Å². The third-order valence-corrected chi connectivity index (χ3v) is 5.07. The van der Waals surface area contributed by atoms with Gasteiger partial charge in [-0.1, -0.05) is 33.6 Å². The summed E-state index contributed by atoms with van der Waals surface area (Å²) in [5, 5.41) is 17.0. The van der Waals surface area contributed by atoms with E-state index >= 15 is 0 Å². The number of benzene rings is 1. The number of rotatable bonds is 6. The smallest absolute Gasteiger partial charge is 0.273 e. The summed E-state index contributed by atoms with van der Waals surface area (Å²) in [5.74, 6) is 0.631. The molecule has 26 heavy (non-hydrogen) atoms. The third-order valence-electron chi connectivity index (χ3n) is 5.07. The van der Waals surface area contributed by atoms with E-state index in [1.165, 1.54) is 44.6 Å². The van der Waals surface area contributed by atoms with Gasteiger partial charge in [-0.3, -0.25) is 14.9 Å². The Hall–Kier alpha value is -2.15. The van der Waals surface area contributed by atoms with Crippen LogP contribution in [-0.4, -0.2) is 30.5 Å². The van der Waals surface area contributed by atoms with E-state index in [0.717, 1.165) is 6.42 Å². The Morgan fingerprint density at radius 3 is 2.62 bits per heavy atom. The van der Waals surface area contributed by atoms with Crippen LogP contribution < -0.4 is 15.4 Å². The first-order valence-electron chi connectivity index (χ1n) is 9.08. The fourth-order valence-electron chi connectivity index (χ4n) is 3.73. The average molecular weight is 363 g/mol. The van der Waals surface area contributed by atoms with E-state index in [2.05, 4.69) is 31.4 Å². The minimum atomic E-state index is -0.495. The number of nitrogens with zero attached hydrogens (tertiary/aromatic N) is 1. The van der Waals surface area contributed by atoms with Gasteiger partial charge in [0.2, 0.25) is 5.91 Å². The second kappa shape index (κ2) is 8.49. The van der Waals surface area contributed by atoms with Gasteiger partial charge in [-0.2, -0.15) is 0 Å². The molecule has 1 aliphatic carbocycles. The zero-order chi connectivity index (χ0) is 19.3. The molecule has 2 rings (SSSR count). The maximum Gasteiger partial charge on any atom is 0.273 e. The second-order valence-electron chi connectivity index (χ2n) is 7.93. The van der Waals surface area contributed by atoms with E-state index < -0.39 is 4.92 Å². The summed E-state index contributed by atoms with van der Waals surface area (Å²) < 4.78 is 5.15. The number of nitrogens with one attached hydrogen (secondary N) is 2. The molecule has 0 saturated heterocycles. The highest BCUT2D eigenvalue weighted by molar-refractivity contribution is 5.93. The summed E-state index contributed by atoms with van der Waals surface area (Å²) in [4.78, 5) is 22.7. The Labute approximate surface area is 154 Å². The quantitative estimate of drug-likeness (QED) is 0.593. The molecule has 1 aromatic carbocycles. The largest absolute Gasteiger partial charge is 0.494 e. The Balaban J connectivity index is 1.97. The molecule has 0 heterocycles. The lowest BCUT2D eigenvalue weighted by molar-refractivity contribution is -0.384. The van der Waals surface area contributed by atoms with Crippen molar-refractivity contribution in [2.45, 2.75) is 52.5 Å². The minimum absolute atomic E-state index is 0.0757. The van der Waals surface area contributed by atoms with Gasteiger partial charge >= 0.3 is 0 Å². The predicted octanol–water partition coefficient (Wildman–Crippen LogP) is 3.74. The van der Waals surface area contributed by atoms with E-state index in [-0.39, 0.29) is 29.3 Å². The molecule has 1 aromatic rings. The van der Waals surface area contributed by atoms with Gasteiger partial charge in [-0.05, 0) is 30.2 Å². The van der Waals surface area contributed by atoms with Crippen molar-refractivity contribution in [3.63, 3.8) is 0 Å². The van der Waals surface area contributed by atoms with Crippen LogP contribution in [0.25, 0.3) is 0 Å². The number of carbonyl (C=O) groups excluding carboxylic acids is 1. The number of anilines is 1. The summed E-state index contributed by atoms with van der Waals surface area (Å²) in [6.45, 7) is 6.95. The summed E-state index contributed by atoms with van der Waals surface area (Å²) >= 11 is 0. The van der Waals surface area contributed by atoms with Crippen LogP contribution in [0.3, 0.4) is 0 Å². The molecule has 0 radical (unpaired) electrons. The number of nitro benzene ring substituents is 1. The highest BCUT2D eigenvalue weighted by atomic mass is 16.6. The molecule has 144 valence electrons. The van der Waals surface area contributed by atoms with E-state index in [1.807, 2.05) is 0 Å². The number of hydrogen-bond acceptors (Lipinski definition) is 5. The Bertz CT molecular complexity index is 655. The fourth-order valence-corrected chi connectivity index (χ4v) is 3.73. The van der Waals surface area contributed by atoms with Gasteiger partial charge in [0, 0.05) is 12.1 Å². The van der Waals surface area contributed by atoms with Gasteiger partial charge < -0.3 is 15.4 Å². The summed E-state index contributed by atoms with van der Waals surface area (Å²) in [5.41, 5.74) is 0.560. The van der Waals surface area contributed by atoms with Crippen molar-refractivity contribution in [3.8, 4) is 5.75 Å². The normalized spacial score (nSPS) is 20.5. The number of non-ortho nitro benzene ring substituents is 1. The lowest BCUT2D eigenvalue weighted by atomic mass is 9.69. The van der Waals surface area contributed by atoms with E-state index in [9.17, 15) is 14.9 Å². The molecule has 2 unspecified atom stereocenters. The van der Waals surface area contributed by atoms with Gasteiger partial charge in [0.1, 0.15) is 5.75 Å².